The predicted molar refractivity (Wildman–Crippen MR) is 59.7 cm³/mol. The van der Waals surface area contributed by atoms with Gasteiger partial charge in [0.05, 0.1) is 13.7 Å². The van der Waals surface area contributed by atoms with Crippen molar-refractivity contribution in [3.63, 3.8) is 0 Å². The Morgan fingerprint density at radius 3 is 3.00 bits per heavy atom. The maximum Gasteiger partial charge on any atom is 0.319 e. The van der Waals surface area contributed by atoms with Crippen LogP contribution < -0.4 is 15.4 Å². The second-order valence-corrected chi connectivity index (χ2v) is 2.93. The van der Waals surface area contributed by atoms with Gasteiger partial charge < -0.3 is 20.1 Å². The number of urea groups is 1. The molecule has 0 saturated heterocycles. The first-order valence-electron chi connectivity index (χ1n) is 4.80. The minimum atomic E-state index is -0.316. The molecule has 16 heavy (non-hydrogen) atoms. The molecule has 0 fully saturated rings. The van der Waals surface area contributed by atoms with E-state index in [1.165, 1.54) is 7.11 Å². The molecule has 1 rings (SSSR count). The van der Waals surface area contributed by atoms with Gasteiger partial charge in [-0.3, -0.25) is 0 Å². The van der Waals surface area contributed by atoms with Gasteiger partial charge in [0, 0.05) is 19.9 Å². The molecule has 0 aliphatic carbocycles. The fourth-order valence-electron chi connectivity index (χ4n) is 1.08. The first kappa shape index (κ1) is 12.3. The molecule has 0 atom stereocenters. The van der Waals surface area contributed by atoms with E-state index in [1.807, 2.05) is 0 Å². The van der Waals surface area contributed by atoms with Crippen molar-refractivity contribution in [1.82, 2.24) is 10.3 Å². The van der Waals surface area contributed by atoms with Crippen LogP contribution in [0.15, 0.2) is 18.3 Å². The lowest BCUT2D eigenvalue weighted by molar-refractivity contribution is 0.198. The average Bonchev–Trinajstić information content (AvgIpc) is 2.30. The van der Waals surface area contributed by atoms with Crippen molar-refractivity contribution in [1.29, 1.82) is 0 Å². The van der Waals surface area contributed by atoms with E-state index in [4.69, 9.17) is 9.47 Å². The standard InChI is InChI=1S/C10H15N3O3/c1-15-7-6-12-10(14)13-8-4-3-5-11-9(8)16-2/h3-5H,6-7H2,1-2H3,(H2,12,13,14). The van der Waals surface area contributed by atoms with Crippen molar-refractivity contribution < 1.29 is 14.3 Å². The van der Waals surface area contributed by atoms with Crippen LogP contribution >= 0.6 is 0 Å². The van der Waals surface area contributed by atoms with Gasteiger partial charge in [-0.15, -0.1) is 0 Å². The fraction of sp³-hybridized carbons (Fsp3) is 0.400. The summed E-state index contributed by atoms with van der Waals surface area (Å²) in [6.07, 6.45) is 1.59. The number of amides is 2. The van der Waals surface area contributed by atoms with Crippen molar-refractivity contribution in [2.24, 2.45) is 0 Å². The number of aromatic nitrogens is 1. The third-order valence-electron chi connectivity index (χ3n) is 1.80. The smallest absolute Gasteiger partial charge is 0.319 e. The van der Waals surface area contributed by atoms with Gasteiger partial charge in [-0.05, 0) is 12.1 Å². The number of hydrogen-bond acceptors (Lipinski definition) is 4. The van der Waals surface area contributed by atoms with Gasteiger partial charge in [0.15, 0.2) is 0 Å². The molecule has 0 bridgehead atoms. The molecule has 0 radical (unpaired) electrons. The molecule has 1 aromatic heterocycles. The molecule has 0 aliphatic heterocycles. The summed E-state index contributed by atoms with van der Waals surface area (Å²) < 4.78 is 9.80. The fourth-order valence-corrected chi connectivity index (χ4v) is 1.08. The van der Waals surface area contributed by atoms with Crippen molar-refractivity contribution in [3.05, 3.63) is 18.3 Å². The molecule has 6 heteroatoms. The zero-order valence-electron chi connectivity index (χ0n) is 9.32. The van der Waals surface area contributed by atoms with E-state index in [1.54, 1.807) is 25.4 Å². The minimum absolute atomic E-state index is 0.316. The van der Waals surface area contributed by atoms with Gasteiger partial charge in [-0.1, -0.05) is 0 Å². The summed E-state index contributed by atoms with van der Waals surface area (Å²) in [4.78, 5) is 15.4. The molecule has 1 heterocycles. The Kier molecular flexibility index (Phi) is 5.07. The Balaban J connectivity index is 2.49. The number of rotatable bonds is 5. The summed E-state index contributed by atoms with van der Waals surface area (Å²) in [7, 11) is 3.07. The summed E-state index contributed by atoms with van der Waals surface area (Å²) >= 11 is 0. The quantitative estimate of drug-likeness (QED) is 0.729. The topological polar surface area (TPSA) is 72.5 Å². The highest BCUT2D eigenvalue weighted by Crippen LogP contribution is 2.19. The number of hydrogen-bond donors (Lipinski definition) is 2. The van der Waals surface area contributed by atoms with Gasteiger partial charge in [-0.2, -0.15) is 0 Å². The van der Waals surface area contributed by atoms with Gasteiger partial charge in [0.1, 0.15) is 5.69 Å². The van der Waals surface area contributed by atoms with Gasteiger partial charge in [-0.25, -0.2) is 9.78 Å². The van der Waals surface area contributed by atoms with Crippen LogP contribution in [0.2, 0.25) is 0 Å². The van der Waals surface area contributed by atoms with E-state index in [0.29, 0.717) is 24.7 Å². The zero-order chi connectivity index (χ0) is 11.8. The van der Waals surface area contributed by atoms with Crippen molar-refractivity contribution in [3.8, 4) is 5.88 Å². The first-order chi connectivity index (χ1) is 7.77. The molecular weight excluding hydrogens is 210 g/mol. The van der Waals surface area contributed by atoms with Crippen LogP contribution in [0.1, 0.15) is 0 Å². The Hall–Kier alpha value is -1.82. The SMILES string of the molecule is COCCNC(=O)Nc1cccnc1OC. The molecule has 2 amide bonds. The summed E-state index contributed by atoms with van der Waals surface area (Å²) in [6, 6.07) is 3.11. The summed E-state index contributed by atoms with van der Waals surface area (Å²) in [5.74, 6) is 0.379. The monoisotopic (exact) mass is 225 g/mol. The van der Waals surface area contributed by atoms with E-state index >= 15 is 0 Å². The average molecular weight is 225 g/mol. The van der Waals surface area contributed by atoms with Crippen LogP contribution in [0.5, 0.6) is 5.88 Å². The molecule has 0 aromatic carbocycles. The highest BCUT2D eigenvalue weighted by Gasteiger charge is 2.06. The zero-order valence-corrected chi connectivity index (χ0v) is 9.32. The third kappa shape index (κ3) is 3.74. The van der Waals surface area contributed by atoms with Crippen LogP contribution in [0.3, 0.4) is 0 Å². The highest BCUT2D eigenvalue weighted by atomic mass is 16.5. The largest absolute Gasteiger partial charge is 0.480 e. The lowest BCUT2D eigenvalue weighted by atomic mass is 10.4. The molecule has 0 saturated carbocycles. The second kappa shape index (κ2) is 6.62. The maximum absolute atomic E-state index is 11.4. The minimum Gasteiger partial charge on any atom is -0.480 e. The number of nitrogens with one attached hydrogen (secondary N) is 2. The van der Waals surface area contributed by atoms with Crippen LogP contribution in [0, 0.1) is 0 Å². The number of methoxy groups -OCH3 is 2. The van der Waals surface area contributed by atoms with Crippen molar-refractivity contribution in [2.45, 2.75) is 0 Å². The molecule has 0 spiro atoms. The molecule has 0 unspecified atom stereocenters. The van der Waals surface area contributed by atoms with E-state index in [0.717, 1.165) is 0 Å². The van der Waals surface area contributed by atoms with Gasteiger partial charge in [0.25, 0.3) is 0 Å². The second-order valence-electron chi connectivity index (χ2n) is 2.93. The molecule has 2 N–H and O–H groups in total. The van der Waals surface area contributed by atoms with Gasteiger partial charge >= 0.3 is 6.03 Å². The molecular formula is C10H15N3O3. The van der Waals surface area contributed by atoms with Crippen molar-refractivity contribution in [2.75, 3.05) is 32.7 Å². The summed E-state index contributed by atoms with van der Waals surface area (Å²) in [5.41, 5.74) is 0.528. The Morgan fingerprint density at radius 2 is 2.31 bits per heavy atom. The number of ether oxygens (including phenoxy) is 2. The third-order valence-corrected chi connectivity index (χ3v) is 1.80. The number of carbonyl (C=O) groups excluding carboxylic acids is 1. The number of nitrogens with zero attached hydrogens (tertiary/aromatic N) is 1. The van der Waals surface area contributed by atoms with Crippen LogP contribution in [0.4, 0.5) is 10.5 Å². The number of pyridine rings is 1. The van der Waals surface area contributed by atoms with E-state index in [2.05, 4.69) is 15.6 Å². The van der Waals surface area contributed by atoms with Crippen LogP contribution in [-0.2, 0) is 4.74 Å². The lowest BCUT2D eigenvalue weighted by Crippen LogP contribution is -2.31. The van der Waals surface area contributed by atoms with Gasteiger partial charge in [0.2, 0.25) is 5.88 Å². The van der Waals surface area contributed by atoms with Crippen LogP contribution in [0.25, 0.3) is 0 Å². The number of anilines is 1. The van der Waals surface area contributed by atoms with E-state index in [9.17, 15) is 4.79 Å². The normalized spacial score (nSPS) is 9.62. The predicted octanol–water partition coefficient (Wildman–Crippen LogP) is 0.858. The number of carbonyl (C=O) groups is 1. The first-order valence-corrected chi connectivity index (χ1v) is 4.80. The molecule has 6 nitrogen and oxygen atoms in total. The molecule has 88 valence electrons. The van der Waals surface area contributed by atoms with Crippen molar-refractivity contribution >= 4 is 11.7 Å². The Morgan fingerprint density at radius 1 is 1.50 bits per heavy atom. The summed E-state index contributed by atoms with van der Waals surface area (Å²) in [5, 5.41) is 5.25. The molecule has 1 aromatic rings. The highest BCUT2D eigenvalue weighted by molar-refractivity contribution is 5.90. The molecule has 0 aliphatic rings. The maximum atomic E-state index is 11.4. The van der Waals surface area contributed by atoms with E-state index in [-0.39, 0.29) is 6.03 Å². The Labute approximate surface area is 94.0 Å². The van der Waals surface area contributed by atoms with E-state index < -0.39 is 0 Å². The van der Waals surface area contributed by atoms with Crippen LogP contribution in [-0.4, -0.2) is 38.4 Å². The lowest BCUT2D eigenvalue weighted by Gasteiger charge is -2.09. The summed E-state index contributed by atoms with van der Waals surface area (Å²) in [6.45, 7) is 0.919. The Bertz CT molecular complexity index is 344.